The first kappa shape index (κ1) is 20.3. The summed E-state index contributed by atoms with van der Waals surface area (Å²) in [6.07, 6.45) is 6.49. The number of fused-ring (bicyclic) bond motifs is 5. The number of hydrogen-bond acceptors (Lipinski definition) is 6. The van der Waals surface area contributed by atoms with E-state index in [1.54, 1.807) is 6.08 Å². The molecule has 0 aromatic rings. The maximum Gasteiger partial charge on any atom is 0.341 e. The number of carbonyl (C=O) groups is 3. The van der Waals surface area contributed by atoms with Crippen LogP contribution < -0.4 is 0 Å². The Bertz CT molecular complexity index is 745. The quantitative estimate of drug-likeness (QED) is 0.317. The largest absolute Gasteiger partial charge is 0.461 e. The third kappa shape index (κ3) is 3.79. The molecule has 0 aromatic heterocycles. The maximum atomic E-state index is 12.6. The number of aliphatic hydroxyl groups is 1. The van der Waals surface area contributed by atoms with Crippen molar-refractivity contribution in [2.75, 3.05) is 0 Å². The Kier molecular flexibility index (Phi) is 5.40. The zero-order valence-corrected chi connectivity index (χ0v) is 17.2. The van der Waals surface area contributed by atoms with Gasteiger partial charge in [-0.15, -0.1) is 0 Å². The lowest BCUT2D eigenvalue weighted by molar-refractivity contribution is -0.156. The number of ketones is 1. The van der Waals surface area contributed by atoms with Crippen LogP contribution in [-0.2, 0) is 23.9 Å². The van der Waals surface area contributed by atoms with Gasteiger partial charge < -0.3 is 14.6 Å². The average Bonchev–Trinajstić information content (AvgIpc) is 2.94. The number of hydrogen-bond donors (Lipinski definition) is 1. The van der Waals surface area contributed by atoms with Gasteiger partial charge in [-0.2, -0.15) is 0 Å². The molecule has 6 nitrogen and oxygen atoms in total. The number of aliphatic hydroxyl groups excluding tert-OH is 1. The van der Waals surface area contributed by atoms with Crippen LogP contribution in [-0.4, -0.2) is 41.1 Å². The number of Topliss-reactive ketones (excluding diaryl/α,β-unsaturated/α-hetero) is 1. The summed E-state index contributed by atoms with van der Waals surface area (Å²) in [6.45, 7) is 5.74. The molecule has 5 rings (SSSR count). The smallest absolute Gasteiger partial charge is 0.341 e. The molecule has 0 radical (unpaired) electrons. The van der Waals surface area contributed by atoms with Gasteiger partial charge in [0.25, 0.3) is 0 Å². The third-order valence-corrected chi connectivity index (χ3v) is 7.02. The van der Waals surface area contributed by atoms with Crippen molar-refractivity contribution in [1.82, 2.24) is 0 Å². The van der Waals surface area contributed by atoms with E-state index >= 15 is 0 Å². The summed E-state index contributed by atoms with van der Waals surface area (Å²) in [5.74, 6) is -0.775. The van der Waals surface area contributed by atoms with E-state index in [-0.39, 0.29) is 65.4 Å². The molecule has 3 aliphatic carbocycles. The van der Waals surface area contributed by atoms with Crippen LogP contribution in [0, 0.1) is 35.5 Å². The highest BCUT2D eigenvalue weighted by Crippen LogP contribution is 2.50. The van der Waals surface area contributed by atoms with Crippen LogP contribution in [0.3, 0.4) is 0 Å². The minimum Gasteiger partial charge on any atom is -0.461 e. The Morgan fingerprint density at radius 3 is 2.62 bits per heavy atom. The summed E-state index contributed by atoms with van der Waals surface area (Å²) in [7, 11) is 0. The predicted molar refractivity (Wildman–Crippen MR) is 104 cm³/mol. The number of esters is 2. The summed E-state index contributed by atoms with van der Waals surface area (Å²) in [5, 5.41) is 10.6. The minimum absolute atomic E-state index is 0.0467. The molecule has 1 saturated carbocycles. The van der Waals surface area contributed by atoms with E-state index in [2.05, 4.69) is 19.1 Å². The van der Waals surface area contributed by atoms with Crippen molar-refractivity contribution in [2.45, 2.75) is 64.8 Å². The Balaban J connectivity index is 1.68. The first-order valence-electron chi connectivity index (χ1n) is 10.8. The number of ether oxygens (including phenoxy) is 2. The molecule has 0 spiro atoms. The van der Waals surface area contributed by atoms with Crippen LogP contribution in [0.15, 0.2) is 23.8 Å². The molecular formula is C23H30O6. The van der Waals surface area contributed by atoms with Crippen LogP contribution in [0.1, 0.15) is 46.5 Å². The molecule has 1 saturated heterocycles. The van der Waals surface area contributed by atoms with Crippen molar-refractivity contribution in [2.24, 2.45) is 35.5 Å². The lowest BCUT2D eigenvalue weighted by Gasteiger charge is -2.39. The molecule has 1 N–H and O–H groups in total. The lowest BCUT2D eigenvalue weighted by atomic mass is 10.7. The van der Waals surface area contributed by atoms with Crippen LogP contribution in [0.25, 0.3) is 0 Å². The van der Waals surface area contributed by atoms with Crippen LogP contribution in [0.5, 0.6) is 0 Å². The summed E-state index contributed by atoms with van der Waals surface area (Å²) in [4.78, 5) is 37.3. The van der Waals surface area contributed by atoms with E-state index < -0.39 is 18.2 Å². The highest BCUT2D eigenvalue weighted by atomic mass is 16.7. The van der Waals surface area contributed by atoms with E-state index in [1.165, 1.54) is 0 Å². The molecule has 29 heavy (non-hydrogen) atoms. The van der Waals surface area contributed by atoms with E-state index in [0.717, 1.165) is 6.42 Å². The maximum absolute atomic E-state index is 12.6. The summed E-state index contributed by atoms with van der Waals surface area (Å²) in [6, 6.07) is 0. The van der Waals surface area contributed by atoms with Crippen molar-refractivity contribution in [3.63, 3.8) is 0 Å². The number of allylic oxidation sites excluding steroid dienone is 2. The zero-order chi connectivity index (χ0) is 20.9. The van der Waals surface area contributed by atoms with Gasteiger partial charge in [0.2, 0.25) is 0 Å². The molecule has 0 aromatic carbocycles. The summed E-state index contributed by atoms with van der Waals surface area (Å²) < 4.78 is 11.2. The molecule has 8 atom stereocenters. The van der Waals surface area contributed by atoms with Gasteiger partial charge in [0.1, 0.15) is 12.2 Å². The third-order valence-electron chi connectivity index (χ3n) is 7.02. The number of rotatable bonds is 2. The Morgan fingerprint density at radius 1 is 1.17 bits per heavy atom. The summed E-state index contributed by atoms with van der Waals surface area (Å²) >= 11 is 0. The SMILES string of the molecule is [13CH3][13CH]([13CH3])[13C](=O)O[13C@H]1[13C@@H]2[13CH]=[13CH][13C@H]3[13CH2][13C@H](O)[13CH2][13C@H]4[13CH2][13C](=O)/[13C](=[13CH]/[13C@H]3[13C@@H]2[13CH2][13C@H]1[13CH3])[13C](=O)O4. The molecule has 6 heteroatoms. The molecule has 158 valence electrons. The van der Waals surface area contributed by atoms with Gasteiger partial charge in [-0.05, 0) is 36.5 Å². The second kappa shape index (κ2) is 7.71. The Hall–Kier alpha value is -1.95. The van der Waals surface area contributed by atoms with Crippen molar-refractivity contribution >= 4 is 17.7 Å². The average molecular weight is 425 g/mol. The molecule has 2 bridgehead atoms. The number of carbonyl (C=O) groups excluding carboxylic acids is 3. The molecule has 2 fully saturated rings. The van der Waals surface area contributed by atoms with Crippen molar-refractivity contribution in [1.29, 1.82) is 0 Å². The second-order valence-corrected chi connectivity index (χ2v) is 9.50. The van der Waals surface area contributed by atoms with Gasteiger partial charge in [-0.25, -0.2) is 4.79 Å². The molecule has 2 heterocycles. The van der Waals surface area contributed by atoms with Crippen LogP contribution in [0.4, 0.5) is 0 Å². The fraction of sp³-hybridized carbons (Fsp3) is 0.696. The van der Waals surface area contributed by atoms with Gasteiger partial charge in [-0.1, -0.05) is 39.0 Å². The highest BCUT2D eigenvalue weighted by Gasteiger charge is 2.49. The van der Waals surface area contributed by atoms with E-state index in [1.807, 2.05) is 13.8 Å². The molecular weight excluding hydrogens is 395 g/mol. The van der Waals surface area contributed by atoms with Crippen LogP contribution in [0.2, 0.25) is 0 Å². The fourth-order valence-corrected chi connectivity index (χ4v) is 5.56. The Labute approximate surface area is 171 Å². The first-order valence-corrected chi connectivity index (χ1v) is 10.8. The molecule has 2 aliphatic heterocycles. The zero-order valence-electron chi connectivity index (χ0n) is 17.2. The van der Waals surface area contributed by atoms with Gasteiger partial charge in [-0.3, -0.25) is 9.59 Å². The van der Waals surface area contributed by atoms with Gasteiger partial charge in [0.05, 0.1) is 17.6 Å². The van der Waals surface area contributed by atoms with E-state index in [9.17, 15) is 19.5 Å². The Morgan fingerprint density at radius 2 is 1.93 bits per heavy atom. The van der Waals surface area contributed by atoms with Crippen molar-refractivity contribution in [3.05, 3.63) is 23.8 Å². The normalized spacial score (nSPS) is 43.3. The molecule has 5 aliphatic rings. The van der Waals surface area contributed by atoms with E-state index in [0.29, 0.717) is 12.8 Å². The topological polar surface area (TPSA) is 89.9 Å². The molecule has 0 unspecified atom stereocenters. The van der Waals surface area contributed by atoms with E-state index in [4.69, 9.17) is 9.47 Å². The van der Waals surface area contributed by atoms with Gasteiger partial charge in [0.15, 0.2) is 5.78 Å². The standard InChI is InChI=1S/C23H30O6/c1-11(2)22(26)29-21-12(3)6-18-16(21)5-4-13-7-14(24)8-15-9-20(25)19(10-17(13)18)23(27)28-15/h4-5,10-18,21,24H,6-9H2,1-3H3/b19-10-/t12-,13+,14+,15+,16-,17-,18-,21-/m1/s1/i1+1,2+1,3+1,4+1,5+1,6+1,7+1,8+1,9+1,10+1,11+1,12+1,13+1,14+1,15+1,16+1,17+1,18+1,19+1,20+1,21+1,22+1,23+1. The second-order valence-electron chi connectivity index (χ2n) is 9.50. The summed E-state index contributed by atoms with van der Waals surface area (Å²) in [5.41, 5.74) is 0.150. The highest BCUT2D eigenvalue weighted by molar-refractivity contribution is 6.18. The van der Waals surface area contributed by atoms with Crippen molar-refractivity contribution in [3.8, 4) is 0 Å². The predicted octanol–water partition coefficient (Wildman–Crippen LogP) is 2.59. The fourth-order valence-electron chi connectivity index (χ4n) is 5.56. The van der Waals surface area contributed by atoms with Crippen LogP contribution >= 0.6 is 0 Å². The van der Waals surface area contributed by atoms with Crippen molar-refractivity contribution < 1.29 is 29.0 Å². The lowest BCUT2D eigenvalue weighted by Crippen LogP contribution is -2.40. The van der Waals surface area contributed by atoms with Gasteiger partial charge >= 0.3 is 11.9 Å². The molecule has 0 amide bonds. The van der Waals surface area contributed by atoms with Gasteiger partial charge in [0, 0.05) is 18.8 Å². The monoisotopic (exact) mass is 425 g/mol. The minimum atomic E-state index is -0.629. The first-order chi connectivity index (χ1) is 13.7.